The highest BCUT2D eigenvalue weighted by Gasteiger charge is 2.42. The second kappa shape index (κ2) is 7.67. The molecule has 5 rings (SSSR count). The molecule has 2 N–H and O–H groups in total. The first-order chi connectivity index (χ1) is 15.5. The summed E-state index contributed by atoms with van der Waals surface area (Å²) in [5.41, 5.74) is 3.35. The van der Waals surface area contributed by atoms with Crippen LogP contribution in [0.1, 0.15) is 43.2 Å². The summed E-state index contributed by atoms with van der Waals surface area (Å²) in [6, 6.07) is 15.0. The van der Waals surface area contributed by atoms with Crippen molar-refractivity contribution in [3.8, 4) is 0 Å². The largest absolute Gasteiger partial charge is 0.325 e. The highest BCUT2D eigenvalue weighted by Crippen LogP contribution is 2.38. The molecule has 2 aliphatic heterocycles. The number of aliphatic imine (C=N–C) groups is 1. The molecule has 7 nitrogen and oxygen atoms in total. The maximum Gasteiger partial charge on any atom is 0.237 e. The summed E-state index contributed by atoms with van der Waals surface area (Å²) in [6.45, 7) is 1.96. The number of carbonyl (C=O) groups excluding carboxylic acids is 3. The zero-order valence-electron chi connectivity index (χ0n) is 17.6. The molecule has 3 aromatic rings. The van der Waals surface area contributed by atoms with E-state index in [0.29, 0.717) is 24.9 Å². The van der Waals surface area contributed by atoms with Crippen LogP contribution in [0, 0.1) is 0 Å². The number of piperidine rings is 1. The van der Waals surface area contributed by atoms with Crippen LogP contribution in [0.25, 0.3) is 10.9 Å². The molecule has 2 unspecified atom stereocenters. The number of nitrogens with zero attached hydrogens (tertiary/aromatic N) is 2. The van der Waals surface area contributed by atoms with Crippen molar-refractivity contribution in [3.63, 3.8) is 0 Å². The zero-order valence-corrected chi connectivity index (χ0v) is 17.6. The first-order valence-electron chi connectivity index (χ1n) is 10.7. The molecule has 2 aromatic carbocycles. The van der Waals surface area contributed by atoms with E-state index >= 15 is 0 Å². The summed E-state index contributed by atoms with van der Waals surface area (Å²) >= 11 is 0. The highest BCUT2D eigenvalue weighted by molar-refractivity contribution is 6.16. The molecule has 3 amide bonds. The molecule has 2 atom stereocenters. The molecule has 160 valence electrons. The number of rotatable bonds is 4. The Morgan fingerprint density at radius 2 is 1.91 bits per heavy atom. The van der Waals surface area contributed by atoms with E-state index in [-0.39, 0.29) is 17.7 Å². The molecule has 1 fully saturated rings. The van der Waals surface area contributed by atoms with Crippen LogP contribution in [0.4, 0.5) is 11.4 Å². The lowest BCUT2D eigenvalue weighted by Crippen LogP contribution is -2.51. The van der Waals surface area contributed by atoms with Gasteiger partial charge in [0.2, 0.25) is 17.7 Å². The van der Waals surface area contributed by atoms with Crippen molar-refractivity contribution < 1.29 is 14.4 Å². The number of anilines is 1. The third kappa shape index (κ3) is 3.17. The molecular weight excluding hydrogens is 404 g/mol. The molecule has 0 bridgehead atoms. The smallest absolute Gasteiger partial charge is 0.237 e. The van der Waals surface area contributed by atoms with Crippen molar-refractivity contribution in [2.75, 3.05) is 5.32 Å². The summed E-state index contributed by atoms with van der Waals surface area (Å²) < 4.78 is 0. The highest BCUT2D eigenvalue weighted by atomic mass is 16.2. The van der Waals surface area contributed by atoms with E-state index < -0.39 is 11.3 Å². The zero-order chi connectivity index (χ0) is 22.3. The minimum Gasteiger partial charge on any atom is -0.325 e. The van der Waals surface area contributed by atoms with Crippen molar-refractivity contribution in [3.05, 3.63) is 65.9 Å². The molecule has 2 aliphatic rings. The normalized spacial score (nSPS) is 22.8. The van der Waals surface area contributed by atoms with Crippen molar-refractivity contribution in [2.45, 2.75) is 37.5 Å². The number of hydrogen-bond acceptors (Lipinski definition) is 5. The SMILES string of the molecule is CCC1(c2ccc(N=CC3C(=O)Nc4ccc5ncccc5c43)cc2)CCC(=O)NC1=O. The summed E-state index contributed by atoms with van der Waals surface area (Å²) in [7, 11) is 0. The first kappa shape index (κ1) is 20.1. The monoisotopic (exact) mass is 426 g/mol. The number of nitrogens with one attached hydrogen (secondary N) is 2. The van der Waals surface area contributed by atoms with Gasteiger partial charge in [0.05, 0.1) is 16.6 Å². The summed E-state index contributed by atoms with van der Waals surface area (Å²) in [5.74, 6) is -1.09. The van der Waals surface area contributed by atoms with Crippen molar-refractivity contribution in [1.29, 1.82) is 0 Å². The summed E-state index contributed by atoms with van der Waals surface area (Å²) in [5, 5.41) is 6.32. The van der Waals surface area contributed by atoms with Gasteiger partial charge in [0.25, 0.3) is 0 Å². The molecule has 0 spiro atoms. The summed E-state index contributed by atoms with van der Waals surface area (Å²) in [4.78, 5) is 45.7. The fraction of sp³-hybridized carbons (Fsp3) is 0.240. The number of fused-ring (bicyclic) bond motifs is 3. The van der Waals surface area contributed by atoms with Gasteiger partial charge in [-0.1, -0.05) is 25.1 Å². The van der Waals surface area contributed by atoms with Crippen LogP contribution in [-0.2, 0) is 19.8 Å². The van der Waals surface area contributed by atoms with Gasteiger partial charge < -0.3 is 5.32 Å². The molecule has 0 saturated carbocycles. The van der Waals surface area contributed by atoms with Crippen LogP contribution >= 0.6 is 0 Å². The second-order valence-corrected chi connectivity index (χ2v) is 8.20. The van der Waals surface area contributed by atoms with E-state index in [9.17, 15) is 14.4 Å². The molecule has 0 radical (unpaired) electrons. The van der Waals surface area contributed by atoms with E-state index in [1.165, 1.54) is 0 Å². The Kier molecular flexibility index (Phi) is 4.81. The lowest BCUT2D eigenvalue weighted by molar-refractivity contribution is -0.138. The Balaban J connectivity index is 1.43. The van der Waals surface area contributed by atoms with Gasteiger partial charge in [-0.2, -0.15) is 0 Å². The maximum absolute atomic E-state index is 12.6. The van der Waals surface area contributed by atoms with Crippen molar-refractivity contribution >= 4 is 46.2 Å². The Bertz CT molecular complexity index is 1280. The van der Waals surface area contributed by atoms with Crippen molar-refractivity contribution in [1.82, 2.24) is 10.3 Å². The number of carbonyl (C=O) groups is 3. The number of imide groups is 1. The lowest BCUT2D eigenvalue weighted by Gasteiger charge is -2.34. The maximum atomic E-state index is 12.6. The van der Waals surface area contributed by atoms with Gasteiger partial charge in [0.1, 0.15) is 5.92 Å². The molecule has 3 heterocycles. The van der Waals surface area contributed by atoms with Gasteiger partial charge >= 0.3 is 0 Å². The number of aromatic nitrogens is 1. The van der Waals surface area contributed by atoms with Gasteiger partial charge in [-0.05, 0) is 48.7 Å². The number of pyridine rings is 1. The van der Waals surface area contributed by atoms with Gasteiger partial charge in [-0.25, -0.2) is 0 Å². The van der Waals surface area contributed by atoms with Crippen LogP contribution in [0.5, 0.6) is 0 Å². The van der Waals surface area contributed by atoms with Crippen LogP contribution in [0.2, 0.25) is 0 Å². The molecule has 1 aromatic heterocycles. The average molecular weight is 426 g/mol. The van der Waals surface area contributed by atoms with Gasteiger partial charge in [0, 0.05) is 35.5 Å². The van der Waals surface area contributed by atoms with E-state index in [4.69, 9.17) is 0 Å². The van der Waals surface area contributed by atoms with Gasteiger partial charge in [-0.3, -0.25) is 29.7 Å². The molecule has 0 aliphatic carbocycles. The van der Waals surface area contributed by atoms with E-state index in [1.54, 1.807) is 12.4 Å². The summed E-state index contributed by atoms with van der Waals surface area (Å²) in [6.07, 6.45) is 4.82. The molecule has 32 heavy (non-hydrogen) atoms. The number of amides is 3. The Morgan fingerprint density at radius 1 is 1.09 bits per heavy atom. The van der Waals surface area contributed by atoms with Crippen LogP contribution in [0.15, 0.2) is 59.7 Å². The minimum atomic E-state index is -0.702. The Hall–Kier alpha value is -3.87. The predicted octanol–water partition coefficient (Wildman–Crippen LogP) is 3.76. The topological polar surface area (TPSA) is 101 Å². The first-order valence-corrected chi connectivity index (χ1v) is 10.7. The van der Waals surface area contributed by atoms with E-state index in [2.05, 4.69) is 20.6 Å². The van der Waals surface area contributed by atoms with E-state index in [0.717, 1.165) is 27.7 Å². The third-order valence-electron chi connectivity index (χ3n) is 6.54. The fourth-order valence-corrected chi connectivity index (χ4v) is 4.70. The second-order valence-electron chi connectivity index (χ2n) is 8.20. The third-order valence-corrected chi connectivity index (χ3v) is 6.54. The molecular formula is C25H22N4O3. The van der Waals surface area contributed by atoms with Gasteiger partial charge in [0.15, 0.2) is 0 Å². The van der Waals surface area contributed by atoms with Crippen LogP contribution in [-0.4, -0.2) is 28.9 Å². The van der Waals surface area contributed by atoms with Crippen molar-refractivity contribution in [2.24, 2.45) is 4.99 Å². The molecule has 7 heteroatoms. The Labute approximate surface area is 185 Å². The fourth-order valence-electron chi connectivity index (χ4n) is 4.70. The average Bonchev–Trinajstić information content (AvgIpc) is 3.14. The Morgan fingerprint density at radius 3 is 2.66 bits per heavy atom. The quantitative estimate of drug-likeness (QED) is 0.490. The lowest BCUT2D eigenvalue weighted by atomic mass is 9.72. The predicted molar refractivity (Wildman–Crippen MR) is 122 cm³/mol. The van der Waals surface area contributed by atoms with Crippen LogP contribution in [0.3, 0.4) is 0 Å². The number of hydrogen-bond donors (Lipinski definition) is 2. The standard InChI is InChI=1S/C25H22N4O3/c1-2-25(12-11-21(30)29-24(25)32)15-5-7-16(8-6-15)27-14-18-22-17-4-3-13-26-19(17)9-10-20(22)28-23(18)31/h3-10,13-14,18H,2,11-12H2,1H3,(H,28,31)(H,29,30,32). The van der Waals surface area contributed by atoms with Gasteiger partial charge in [-0.15, -0.1) is 0 Å². The van der Waals surface area contributed by atoms with Crippen LogP contribution < -0.4 is 10.6 Å². The molecule has 1 saturated heterocycles. The minimum absolute atomic E-state index is 0.120. The van der Waals surface area contributed by atoms with E-state index in [1.807, 2.05) is 55.5 Å². The number of benzene rings is 2.